The molecule has 0 saturated carbocycles. The van der Waals surface area contributed by atoms with Gasteiger partial charge in [-0.05, 0) is 51.2 Å². The molecule has 0 atom stereocenters. The first kappa shape index (κ1) is 14.5. The molecule has 1 aliphatic heterocycles. The molecule has 1 aromatic rings. The van der Waals surface area contributed by atoms with E-state index in [0.29, 0.717) is 17.4 Å². The number of halogens is 2. The highest BCUT2D eigenvalue weighted by Crippen LogP contribution is 2.36. The van der Waals surface area contributed by atoms with Crippen molar-refractivity contribution in [3.05, 3.63) is 29.3 Å². The molecule has 0 aromatic heterocycles. The molecule has 1 saturated heterocycles. The predicted octanol–water partition coefficient (Wildman–Crippen LogP) is 2.83. The van der Waals surface area contributed by atoms with Crippen molar-refractivity contribution < 1.29 is 18.1 Å². The van der Waals surface area contributed by atoms with Crippen molar-refractivity contribution in [3.63, 3.8) is 0 Å². The normalized spacial score (nSPS) is 20.9. The van der Waals surface area contributed by atoms with Gasteiger partial charge in [-0.25, -0.2) is 8.78 Å². The lowest BCUT2D eigenvalue weighted by molar-refractivity contribution is 0.00578. The van der Waals surface area contributed by atoms with Crippen molar-refractivity contribution in [3.8, 4) is 0 Å². The fourth-order valence-corrected chi connectivity index (χ4v) is 2.18. The van der Waals surface area contributed by atoms with Crippen LogP contribution in [0.1, 0.15) is 40.2 Å². The standard InChI is InChI=1S/C14H19BF2O2/c1-6-10-11(7-9(16)8-12(10)17)15-18-13(2,3)14(4,5)19-15/h7-8H,6H2,1-5H3. The summed E-state index contributed by atoms with van der Waals surface area (Å²) < 4.78 is 38.9. The Hall–Kier alpha value is -0.935. The van der Waals surface area contributed by atoms with E-state index < -0.39 is 30.0 Å². The lowest BCUT2D eigenvalue weighted by Gasteiger charge is -2.32. The Labute approximate surface area is 113 Å². The van der Waals surface area contributed by atoms with Crippen LogP contribution in [0.15, 0.2) is 12.1 Å². The molecule has 0 unspecified atom stereocenters. The van der Waals surface area contributed by atoms with E-state index in [0.717, 1.165) is 6.07 Å². The van der Waals surface area contributed by atoms with Gasteiger partial charge in [-0.3, -0.25) is 0 Å². The van der Waals surface area contributed by atoms with Crippen molar-refractivity contribution in [2.24, 2.45) is 0 Å². The van der Waals surface area contributed by atoms with Crippen molar-refractivity contribution in [2.45, 2.75) is 52.2 Å². The SMILES string of the molecule is CCc1c(F)cc(F)cc1B1OC(C)(C)C(C)(C)O1. The first-order chi connectivity index (χ1) is 8.68. The predicted molar refractivity (Wildman–Crippen MR) is 71.5 cm³/mol. The van der Waals surface area contributed by atoms with Crippen LogP contribution in [0.3, 0.4) is 0 Å². The second-order valence-electron chi connectivity index (χ2n) is 5.90. The molecule has 0 N–H and O–H groups in total. The van der Waals surface area contributed by atoms with Gasteiger partial charge in [0.2, 0.25) is 0 Å². The van der Waals surface area contributed by atoms with E-state index in [1.165, 1.54) is 6.07 Å². The quantitative estimate of drug-likeness (QED) is 0.768. The monoisotopic (exact) mass is 268 g/mol. The Bertz CT molecular complexity index is 484. The largest absolute Gasteiger partial charge is 0.495 e. The third kappa shape index (κ3) is 2.41. The van der Waals surface area contributed by atoms with Crippen LogP contribution in [0.4, 0.5) is 8.78 Å². The van der Waals surface area contributed by atoms with E-state index >= 15 is 0 Å². The molecule has 1 fully saturated rings. The molecule has 0 aliphatic carbocycles. The third-order valence-electron chi connectivity index (χ3n) is 4.06. The maximum Gasteiger partial charge on any atom is 0.495 e. The first-order valence-electron chi connectivity index (χ1n) is 6.51. The molecule has 2 nitrogen and oxygen atoms in total. The summed E-state index contributed by atoms with van der Waals surface area (Å²) in [6.07, 6.45) is 0.464. The van der Waals surface area contributed by atoms with Gasteiger partial charge in [0, 0.05) is 6.07 Å². The summed E-state index contributed by atoms with van der Waals surface area (Å²) in [6, 6.07) is 2.19. The average Bonchev–Trinajstić information content (AvgIpc) is 2.47. The van der Waals surface area contributed by atoms with Crippen LogP contribution >= 0.6 is 0 Å². The summed E-state index contributed by atoms with van der Waals surface area (Å²) in [6.45, 7) is 9.47. The van der Waals surface area contributed by atoms with Gasteiger partial charge in [0.05, 0.1) is 11.2 Å². The Morgan fingerprint density at radius 3 is 2.05 bits per heavy atom. The molecule has 2 rings (SSSR count). The summed E-state index contributed by atoms with van der Waals surface area (Å²) >= 11 is 0. The summed E-state index contributed by atoms with van der Waals surface area (Å²) in [5.74, 6) is -1.16. The minimum atomic E-state index is -0.731. The van der Waals surface area contributed by atoms with Gasteiger partial charge in [0.25, 0.3) is 0 Å². The molecular formula is C14H19BF2O2. The molecule has 0 amide bonds. The number of hydrogen-bond acceptors (Lipinski definition) is 2. The van der Waals surface area contributed by atoms with Crippen LogP contribution in [0.25, 0.3) is 0 Å². The summed E-state index contributed by atoms with van der Waals surface area (Å²) in [5.41, 5.74) is -0.157. The molecule has 19 heavy (non-hydrogen) atoms. The van der Waals surface area contributed by atoms with E-state index in [2.05, 4.69) is 0 Å². The molecule has 1 aliphatic rings. The van der Waals surface area contributed by atoms with E-state index in [1.54, 1.807) is 0 Å². The zero-order valence-corrected chi connectivity index (χ0v) is 12.0. The van der Waals surface area contributed by atoms with Gasteiger partial charge < -0.3 is 9.31 Å². The zero-order valence-electron chi connectivity index (χ0n) is 12.0. The summed E-state index contributed by atoms with van der Waals surface area (Å²) in [7, 11) is -0.731. The van der Waals surface area contributed by atoms with Crippen molar-refractivity contribution in [2.75, 3.05) is 0 Å². The highest BCUT2D eigenvalue weighted by molar-refractivity contribution is 6.62. The van der Waals surface area contributed by atoms with Gasteiger partial charge in [0.15, 0.2) is 0 Å². The minimum Gasteiger partial charge on any atom is -0.399 e. The van der Waals surface area contributed by atoms with Gasteiger partial charge in [-0.2, -0.15) is 0 Å². The second kappa shape index (κ2) is 4.56. The Balaban J connectivity index is 2.45. The molecule has 0 radical (unpaired) electrons. The number of rotatable bonds is 2. The average molecular weight is 268 g/mol. The van der Waals surface area contributed by atoms with Crippen LogP contribution in [-0.4, -0.2) is 18.3 Å². The van der Waals surface area contributed by atoms with Gasteiger partial charge in [0.1, 0.15) is 11.6 Å². The fourth-order valence-electron chi connectivity index (χ4n) is 2.18. The lowest BCUT2D eigenvalue weighted by Crippen LogP contribution is -2.41. The van der Waals surface area contributed by atoms with Gasteiger partial charge >= 0.3 is 7.12 Å². The van der Waals surface area contributed by atoms with Crippen molar-refractivity contribution >= 4 is 12.6 Å². The van der Waals surface area contributed by atoms with Crippen LogP contribution in [0.5, 0.6) is 0 Å². The molecule has 104 valence electrons. The highest BCUT2D eigenvalue weighted by atomic mass is 19.1. The zero-order chi connectivity index (χ0) is 14.4. The van der Waals surface area contributed by atoms with Crippen molar-refractivity contribution in [1.82, 2.24) is 0 Å². The minimum absolute atomic E-state index is 0.443. The van der Waals surface area contributed by atoms with Crippen LogP contribution < -0.4 is 5.46 Å². The lowest BCUT2D eigenvalue weighted by atomic mass is 9.75. The molecule has 1 aromatic carbocycles. The van der Waals surface area contributed by atoms with E-state index in [9.17, 15) is 8.78 Å². The molecule has 5 heteroatoms. The Morgan fingerprint density at radius 1 is 1.05 bits per heavy atom. The van der Waals surface area contributed by atoms with Crippen molar-refractivity contribution in [1.29, 1.82) is 0 Å². The van der Waals surface area contributed by atoms with E-state index in [1.807, 2.05) is 34.6 Å². The van der Waals surface area contributed by atoms with Gasteiger partial charge in [-0.1, -0.05) is 6.92 Å². The molecule has 0 spiro atoms. The molecule has 0 bridgehead atoms. The summed E-state index contributed by atoms with van der Waals surface area (Å²) in [5, 5.41) is 0. The summed E-state index contributed by atoms with van der Waals surface area (Å²) in [4.78, 5) is 0. The van der Waals surface area contributed by atoms with E-state index in [-0.39, 0.29) is 0 Å². The van der Waals surface area contributed by atoms with E-state index in [4.69, 9.17) is 9.31 Å². The number of hydrogen-bond donors (Lipinski definition) is 0. The highest BCUT2D eigenvalue weighted by Gasteiger charge is 2.52. The fraction of sp³-hybridized carbons (Fsp3) is 0.571. The number of benzene rings is 1. The van der Waals surface area contributed by atoms with Crippen LogP contribution in [0.2, 0.25) is 0 Å². The second-order valence-corrected chi connectivity index (χ2v) is 5.90. The Morgan fingerprint density at radius 2 is 1.58 bits per heavy atom. The Kier molecular flexibility index (Phi) is 3.48. The first-order valence-corrected chi connectivity index (χ1v) is 6.51. The topological polar surface area (TPSA) is 18.5 Å². The molecular weight excluding hydrogens is 249 g/mol. The van der Waals surface area contributed by atoms with Crippen LogP contribution in [-0.2, 0) is 15.7 Å². The maximum atomic E-state index is 13.8. The van der Waals surface area contributed by atoms with Gasteiger partial charge in [-0.15, -0.1) is 0 Å². The third-order valence-corrected chi connectivity index (χ3v) is 4.06. The molecule has 1 heterocycles. The smallest absolute Gasteiger partial charge is 0.399 e. The maximum absolute atomic E-state index is 13.8. The van der Waals surface area contributed by atoms with Crippen LogP contribution in [0, 0.1) is 11.6 Å².